The zero-order chi connectivity index (χ0) is 19.1. The standard InChI is InChI=1S/C20H26N4O3/c1-12-18(13(2)24(4)22-12)19-15(8-17(25)23(19)3)10-21-9-14-6-5-7-16-20(14)27-11-26-16/h5-7,15,19,21H,8-11H2,1-4H3/t15-,19+/m0/s1. The summed E-state index contributed by atoms with van der Waals surface area (Å²) in [5.41, 5.74) is 4.37. The molecule has 3 heterocycles. The second-order valence-corrected chi connectivity index (χ2v) is 7.40. The van der Waals surface area contributed by atoms with E-state index in [0.29, 0.717) is 13.0 Å². The lowest BCUT2D eigenvalue weighted by atomic mass is 9.92. The number of carbonyl (C=O) groups is 1. The van der Waals surface area contributed by atoms with Crippen molar-refractivity contribution in [1.29, 1.82) is 0 Å². The van der Waals surface area contributed by atoms with Gasteiger partial charge in [-0.1, -0.05) is 12.1 Å². The van der Waals surface area contributed by atoms with Gasteiger partial charge in [-0.25, -0.2) is 0 Å². The zero-order valence-corrected chi connectivity index (χ0v) is 16.3. The Kier molecular flexibility index (Phi) is 4.55. The van der Waals surface area contributed by atoms with Crippen molar-refractivity contribution in [3.05, 3.63) is 40.7 Å². The summed E-state index contributed by atoms with van der Waals surface area (Å²) < 4.78 is 12.9. The third-order valence-electron chi connectivity index (χ3n) is 5.75. The molecule has 1 aromatic heterocycles. The van der Waals surface area contributed by atoms with Gasteiger partial charge in [0, 0.05) is 56.3 Å². The Morgan fingerprint density at radius 2 is 2.07 bits per heavy atom. The van der Waals surface area contributed by atoms with Gasteiger partial charge in [-0.2, -0.15) is 5.10 Å². The molecule has 1 aromatic carbocycles. The van der Waals surface area contributed by atoms with Gasteiger partial charge in [-0.05, 0) is 19.9 Å². The number of rotatable bonds is 5. The number of aryl methyl sites for hydroxylation is 2. The van der Waals surface area contributed by atoms with E-state index in [4.69, 9.17) is 9.47 Å². The molecular formula is C20H26N4O3. The molecule has 1 N–H and O–H groups in total. The molecule has 2 aliphatic rings. The van der Waals surface area contributed by atoms with Crippen LogP contribution in [-0.2, 0) is 18.4 Å². The molecule has 0 aliphatic carbocycles. The van der Waals surface area contributed by atoms with E-state index < -0.39 is 0 Å². The van der Waals surface area contributed by atoms with Crippen LogP contribution in [0.3, 0.4) is 0 Å². The molecule has 0 saturated carbocycles. The van der Waals surface area contributed by atoms with Gasteiger partial charge in [-0.3, -0.25) is 9.48 Å². The topological polar surface area (TPSA) is 68.6 Å². The molecule has 144 valence electrons. The number of carbonyl (C=O) groups excluding carboxylic acids is 1. The van der Waals surface area contributed by atoms with Gasteiger partial charge in [0.15, 0.2) is 11.5 Å². The fraction of sp³-hybridized carbons (Fsp3) is 0.500. The maximum atomic E-state index is 12.4. The Hall–Kier alpha value is -2.54. The third-order valence-corrected chi connectivity index (χ3v) is 5.75. The molecular weight excluding hydrogens is 344 g/mol. The highest BCUT2D eigenvalue weighted by Crippen LogP contribution is 2.40. The lowest BCUT2D eigenvalue weighted by Gasteiger charge is -2.26. The smallest absolute Gasteiger partial charge is 0.231 e. The molecule has 2 aromatic rings. The maximum absolute atomic E-state index is 12.4. The van der Waals surface area contributed by atoms with Gasteiger partial charge in [0.1, 0.15) is 0 Å². The van der Waals surface area contributed by atoms with Crippen molar-refractivity contribution >= 4 is 5.91 Å². The second-order valence-electron chi connectivity index (χ2n) is 7.40. The number of nitrogens with zero attached hydrogens (tertiary/aromatic N) is 3. The number of fused-ring (bicyclic) bond motifs is 1. The van der Waals surface area contributed by atoms with Crippen LogP contribution in [0.5, 0.6) is 11.5 Å². The highest BCUT2D eigenvalue weighted by atomic mass is 16.7. The SMILES string of the molecule is Cc1nn(C)c(C)c1[C@H]1[C@H](CNCc2cccc3c2OCO3)CC(=O)N1C. The number of hydrogen-bond acceptors (Lipinski definition) is 5. The van der Waals surface area contributed by atoms with Crippen LogP contribution < -0.4 is 14.8 Å². The number of aromatic nitrogens is 2. The van der Waals surface area contributed by atoms with Gasteiger partial charge in [0.25, 0.3) is 0 Å². The van der Waals surface area contributed by atoms with Gasteiger partial charge >= 0.3 is 0 Å². The predicted molar refractivity (Wildman–Crippen MR) is 101 cm³/mol. The van der Waals surface area contributed by atoms with Crippen LogP contribution >= 0.6 is 0 Å². The van der Waals surface area contributed by atoms with Crippen molar-refractivity contribution < 1.29 is 14.3 Å². The Morgan fingerprint density at radius 1 is 1.26 bits per heavy atom. The summed E-state index contributed by atoms with van der Waals surface area (Å²) in [6.07, 6.45) is 0.550. The van der Waals surface area contributed by atoms with Crippen LogP contribution in [0.1, 0.15) is 35.0 Å². The molecule has 4 rings (SSSR count). The molecule has 0 spiro atoms. The fourth-order valence-corrected chi connectivity index (χ4v) is 4.30. The summed E-state index contributed by atoms with van der Waals surface area (Å²) in [4.78, 5) is 14.3. The normalized spacial score (nSPS) is 21.3. The summed E-state index contributed by atoms with van der Waals surface area (Å²) in [6, 6.07) is 5.99. The molecule has 1 fully saturated rings. The summed E-state index contributed by atoms with van der Waals surface area (Å²) in [5, 5.41) is 8.06. The largest absolute Gasteiger partial charge is 0.454 e. The van der Waals surface area contributed by atoms with Gasteiger partial charge in [0.2, 0.25) is 12.7 Å². The summed E-state index contributed by atoms with van der Waals surface area (Å²) in [6.45, 7) is 5.79. The lowest BCUT2D eigenvalue weighted by Crippen LogP contribution is -2.29. The first-order chi connectivity index (χ1) is 13.0. The average molecular weight is 370 g/mol. The number of para-hydroxylation sites is 1. The Bertz CT molecular complexity index is 876. The van der Waals surface area contributed by atoms with Crippen molar-refractivity contribution in [2.45, 2.75) is 32.9 Å². The summed E-state index contributed by atoms with van der Waals surface area (Å²) in [7, 11) is 3.85. The first-order valence-corrected chi connectivity index (χ1v) is 9.31. The van der Waals surface area contributed by atoms with Crippen LogP contribution in [-0.4, -0.2) is 41.0 Å². The Balaban J connectivity index is 1.49. The molecule has 0 bridgehead atoms. The van der Waals surface area contributed by atoms with Crippen molar-refractivity contribution in [2.75, 3.05) is 20.4 Å². The number of likely N-dealkylation sites (tertiary alicyclic amines) is 1. The molecule has 7 nitrogen and oxygen atoms in total. The summed E-state index contributed by atoms with van der Waals surface area (Å²) in [5.74, 6) is 2.01. The predicted octanol–water partition coefficient (Wildman–Crippen LogP) is 2.07. The van der Waals surface area contributed by atoms with E-state index in [9.17, 15) is 4.79 Å². The number of benzene rings is 1. The average Bonchev–Trinajstić information content (AvgIpc) is 3.28. The quantitative estimate of drug-likeness (QED) is 0.873. The van der Waals surface area contributed by atoms with Crippen molar-refractivity contribution in [3.63, 3.8) is 0 Å². The number of ether oxygens (including phenoxy) is 2. The molecule has 7 heteroatoms. The first-order valence-electron chi connectivity index (χ1n) is 9.31. The minimum absolute atomic E-state index is 0.0553. The van der Waals surface area contributed by atoms with Gasteiger partial charge < -0.3 is 19.7 Å². The molecule has 2 atom stereocenters. The Morgan fingerprint density at radius 3 is 2.81 bits per heavy atom. The minimum atomic E-state index is 0.0553. The minimum Gasteiger partial charge on any atom is -0.454 e. The fourth-order valence-electron chi connectivity index (χ4n) is 4.30. The Labute approximate surface area is 159 Å². The van der Waals surface area contributed by atoms with E-state index in [0.717, 1.165) is 35.0 Å². The van der Waals surface area contributed by atoms with Gasteiger partial charge in [0.05, 0.1) is 11.7 Å². The van der Waals surface area contributed by atoms with E-state index in [1.54, 1.807) is 0 Å². The van der Waals surface area contributed by atoms with E-state index in [1.807, 2.05) is 48.8 Å². The third kappa shape index (κ3) is 3.06. The van der Waals surface area contributed by atoms with Crippen LogP contribution in [0.15, 0.2) is 18.2 Å². The van der Waals surface area contributed by atoms with Crippen LogP contribution in [0.4, 0.5) is 0 Å². The number of hydrogen-bond donors (Lipinski definition) is 1. The highest BCUT2D eigenvalue weighted by molar-refractivity contribution is 5.79. The molecule has 0 radical (unpaired) electrons. The number of amides is 1. The van der Waals surface area contributed by atoms with E-state index in [1.165, 1.54) is 5.56 Å². The lowest BCUT2D eigenvalue weighted by molar-refractivity contribution is -0.127. The highest BCUT2D eigenvalue weighted by Gasteiger charge is 2.40. The van der Waals surface area contributed by atoms with Crippen molar-refractivity contribution in [2.24, 2.45) is 13.0 Å². The molecule has 0 unspecified atom stereocenters. The molecule has 1 saturated heterocycles. The second kappa shape index (κ2) is 6.88. The van der Waals surface area contributed by atoms with E-state index in [2.05, 4.69) is 17.3 Å². The maximum Gasteiger partial charge on any atom is 0.231 e. The summed E-state index contributed by atoms with van der Waals surface area (Å²) >= 11 is 0. The van der Waals surface area contributed by atoms with Crippen LogP contribution in [0.25, 0.3) is 0 Å². The number of nitrogens with one attached hydrogen (secondary N) is 1. The van der Waals surface area contributed by atoms with Crippen molar-refractivity contribution in [3.8, 4) is 11.5 Å². The molecule has 2 aliphatic heterocycles. The first kappa shape index (κ1) is 17.9. The molecule has 27 heavy (non-hydrogen) atoms. The monoisotopic (exact) mass is 370 g/mol. The van der Waals surface area contributed by atoms with Crippen LogP contribution in [0, 0.1) is 19.8 Å². The van der Waals surface area contributed by atoms with Crippen LogP contribution in [0.2, 0.25) is 0 Å². The van der Waals surface area contributed by atoms with E-state index >= 15 is 0 Å². The van der Waals surface area contributed by atoms with Gasteiger partial charge in [-0.15, -0.1) is 0 Å². The van der Waals surface area contributed by atoms with Crippen molar-refractivity contribution in [1.82, 2.24) is 20.0 Å². The van der Waals surface area contributed by atoms with E-state index in [-0.39, 0.29) is 24.7 Å². The molecule has 1 amide bonds. The zero-order valence-electron chi connectivity index (χ0n) is 16.3.